The lowest BCUT2D eigenvalue weighted by atomic mass is 10.1. The number of aliphatic imine (C=N–C) groups is 1. The van der Waals surface area contributed by atoms with Gasteiger partial charge in [-0.25, -0.2) is 18.5 Å². The quantitative estimate of drug-likeness (QED) is 0.329. The Labute approximate surface area is 154 Å². The molecule has 0 amide bonds. The lowest BCUT2D eigenvalue weighted by molar-refractivity contribution is 0.241. The second kappa shape index (κ2) is 9.28. The molecule has 0 spiro atoms. The van der Waals surface area contributed by atoms with Crippen molar-refractivity contribution in [2.75, 3.05) is 25.4 Å². The molecule has 1 aromatic rings. The predicted octanol–water partition coefficient (Wildman–Crippen LogP) is 0.452. The molecule has 130 valence electrons. The number of benzene rings is 1. The van der Waals surface area contributed by atoms with Crippen molar-refractivity contribution in [3.05, 3.63) is 29.8 Å². The fourth-order valence-electron chi connectivity index (χ4n) is 2.20. The molecule has 0 aromatic heterocycles. The average Bonchev–Trinajstić information content (AvgIpc) is 2.86. The summed E-state index contributed by atoms with van der Waals surface area (Å²) in [4.78, 5) is 4.43. The highest BCUT2D eigenvalue weighted by Crippen LogP contribution is 2.28. The minimum absolute atomic E-state index is 0. The molecule has 0 saturated heterocycles. The number of halogens is 1. The number of nitrogens with two attached hydrogens (primary N) is 1. The monoisotopic (exact) mass is 454 g/mol. The molecule has 2 rings (SSSR count). The van der Waals surface area contributed by atoms with Crippen LogP contribution in [0.2, 0.25) is 0 Å². The second-order valence-electron chi connectivity index (χ2n) is 5.07. The van der Waals surface area contributed by atoms with Crippen molar-refractivity contribution in [2.24, 2.45) is 10.1 Å². The zero-order valence-electron chi connectivity index (χ0n) is 13.0. The van der Waals surface area contributed by atoms with Gasteiger partial charge in [-0.1, -0.05) is 18.2 Å². The van der Waals surface area contributed by atoms with Crippen LogP contribution in [0.3, 0.4) is 0 Å². The normalized spacial score (nSPS) is 17.0. The van der Waals surface area contributed by atoms with Gasteiger partial charge in [-0.2, -0.15) is 0 Å². The van der Waals surface area contributed by atoms with Crippen LogP contribution in [0.15, 0.2) is 29.3 Å². The van der Waals surface area contributed by atoms with Gasteiger partial charge in [0.25, 0.3) is 0 Å². The van der Waals surface area contributed by atoms with Crippen molar-refractivity contribution in [1.29, 1.82) is 0 Å². The molecule has 0 radical (unpaired) electrons. The molecule has 1 unspecified atom stereocenters. The maximum atomic E-state index is 10.9. The fourth-order valence-corrected chi connectivity index (χ4v) is 2.59. The largest absolute Gasteiger partial charge is 0.488 e. The number of nitrogens with zero attached hydrogens (tertiary/aromatic N) is 1. The number of guanidine groups is 1. The Bertz CT molecular complexity index is 612. The van der Waals surface area contributed by atoms with E-state index in [2.05, 4.69) is 21.7 Å². The van der Waals surface area contributed by atoms with Crippen LogP contribution in [0.25, 0.3) is 0 Å². The third-order valence-electron chi connectivity index (χ3n) is 3.19. The van der Waals surface area contributed by atoms with Gasteiger partial charge >= 0.3 is 0 Å². The van der Waals surface area contributed by atoms with Crippen molar-refractivity contribution in [1.82, 2.24) is 10.6 Å². The topological polar surface area (TPSA) is 106 Å². The number of nitrogens with one attached hydrogen (secondary N) is 2. The lowest BCUT2D eigenvalue weighted by Crippen LogP contribution is -2.41. The van der Waals surface area contributed by atoms with Crippen LogP contribution in [0, 0.1) is 0 Å². The van der Waals surface area contributed by atoms with Crippen molar-refractivity contribution >= 4 is 40.0 Å². The van der Waals surface area contributed by atoms with Crippen LogP contribution in [-0.4, -0.2) is 45.9 Å². The minimum atomic E-state index is -3.47. The number of primary sulfonamides is 1. The van der Waals surface area contributed by atoms with Gasteiger partial charge in [0.15, 0.2) is 5.96 Å². The van der Waals surface area contributed by atoms with Gasteiger partial charge < -0.3 is 15.4 Å². The molecule has 1 atom stereocenters. The van der Waals surface area contributed by atoms with Gasteiger partial charge in [0.05, 0.1) is 12.3 Å². The van der Waals surface area contributed by atoms with Gasteiger partial charge in [0.1, 0.15) is 11.9 Å². The summed E-state index contributed by atoms with van der Waals surface area (Å²) in [7, 11) is -3.47. The van der Waals surface area contributed by atoms with E-state index in [1.165, 1.54) is 5.56 Å². The van der Waals surface area contributed by atoms with Crippen molar-refractivity contribution in [3.63, 3.8) is 0 Å². The first-order valence-electron chi connectivity index (χ1n) is 7.25. The Morgan fingerprint density at radius 2 is 2.13 bits per heavy atom. The molecule has 4 N–H and O–H groups in total. The van der Waals surface area contributed by atoms with E-state index in [0.717, 1.165) is 12.2 Å². The molecule has 1 aliphatic heterocycles. The first-order valence-corrected chi connectivity index (χ1v) is 8.96. The fraction of sp³-hybridized carbons (Fsp3) is 0.500. The first-order chi connectivity index (χ1) is 10.5. The highest BCUT2D eigenvalue weighted by molar-refractivity contribution is 14.0. The summed E-state index contributed by atoms with van der Waals surface area (Å²) in [6.07, 6.45) is 0.835. The number of para-hydroxylation sites is 1. The lowest BCUT2D eigenvalue weighted by Gasteiger charge is -2.12. The number of ether oxygens (including phenoxy) is 1. The molecule has 23 heavy (non-hydrogen) atoms. The summed E-state index contributed by atoms with van der Waals surface area (Å²) >= 11 is 0. The molecule has 0 aliphatic carbocycles. The molecule has 0 fully saturated rings. The highest BCUT2D eigenvalue weighted by atomic mass is 127. The molecule has 0 bridgehead atoms. The van der Waals surface area contributed by atoms with E-state index in [-0.39, 0.29) is 42.4 Å². The third-order valence-corrected chi connectivity index (χ3v) is 3.96. The van der Waals surface area contributed by atoms with Crippen LogP contribution < -0.4 is 20.5 Å². The van der Waals surface area contributed by atoms with Crippen LogP contribution in [0.4, 0.5) is 0 Å². The Balaban J connectivity index is 0.00000264. The van der Waals surface area contributed by atoms with E-state index in [9.17, 15) is 8.42 Å². The van der Waals surface area contributed by atoms with Crippen molar-refractivity contribution in [3.8, 4) is 5.75 Å². The Kier molecular flexibility index (Phi) is 8.06. The van der Waals surface area contributed by atoms with Gasteiger partial charge in [0, 0.05) is 19.5 Å². The summed E-state index contributed by atoms with van der Waals surface area (Å²) < 4.78 is 27.7. The zero-order chi connectivity index (χ0) is 16.0. The van der Waals surface area contributed by atoms with Gasteiger partial charge in [-0.3, -0.25) is 0 Å². The SMILES string of the molecule is CCNC(=NCC1Cc2ccccc2O1)NCCS(N)(=O)=O.I. The summed E-state index contributed by atoms with van der Waals surface area (Å²) in [5, 5.41) is 11.0. The standard InChI is InChI=1S/C14H22N4O3S.HI/c1-2-16-14(17-7-8-22(15,19)20)18-10-12-9-11-5-3-4-6-13(11)21-12;/h3-6,12H,2,7-10H2,1H3,(H2,15,19,20)(H2,16,17,18);1H. The average molecular weight is 454 g/mol. The number of fused-ring (bicyclic) bond motifs is 1. The zero-order valence-corrected chi connectivity index (χ0v) is 16.1. The van der Waals surface area contributed by atoms with Gasteiger partial charge in [-0.05, 0) is 18.6 Å². The van der Waals surface area contributed by atoms with Crippen molar-refractivity contribution in [2.45, 2.75) is 19.4 Å². The summed E-state index contributed by atoms with van der Waals surface area (Å²) in [6, 6.07) is 7.94. The molecular weight excluding hydrogens is 431 g/mol. The molecule has 1 aromatic carbocycles. The summed E-state index contributed by atoms with van der Waals surface area (Å²) in [6.45, 7) is 3.35. The van der Waals surface area contributed by atoms with E-state index in [1.807, 2.05) is 25.1 Å². The maximum absolute atomic E-state index is 10.9. The van der Waals surface area contributed by atoms with E-state index >= 15 is 0 Å². The van der Waals surface area contributed by atoms with Crippen LogP contribution in [-0.2, 0) is 16.4 Å². The third kappa shape index (κ3) is 6.92. The number of hydrogen-bond acceptors (Lipinski definition) is 4. The Morgan fingerprint density at radius 3 is 2.78 bits per heavy atom. The first kappa shape index (κ1) is 20.0. The van der Waals surface area contributed by atoms with E-state index in [0.29, 0.717) is 19.0 Å². The Morgan fingerprint density at radius 1 is 1.39 bits per heavy atom. The van der Waals surface area contributed by atoms with E-state index in [4.69, 9.17) is 9.88 Å². The number of hydrogen-bond donors (Lipinski definition) is 3. The van der Waals surface area contributed by atoms with Gasteiger partial charge in [0.2, 0.25) is 10.0 Å². The van der Waals surface area contributed by atoms with Crippen LogP contribution >= 0.6 is 24.0 Å². The summed E-state index contributed by atoms with van der Waals surface area (Å²) in [5.74, 6) is 1.34. The molecular formula is C14H23IN4O3S. The second-order valence-corrected chi connectivity index (χ2v) is 6.80. The molecule has 9 heteroatoms. The Hall–Kier alpha value is -1.07. The number of rotatable bonds is 6. The molecule has 1 heterocycles. The van der Waals surface area contributed by atoms with E-state index in [1.54, 1.807) is 0 Å². The van der Waals surface area contributed by atoms with Crippen LogP contribution in [0.5, 0.6) is 5.75 Å². The maximum Gasteiger partial charge on any atom is 0.210 e. The predicted molar refractivity (Wildman–Crippen MR) is 102 cm³/mol. The molecule has 7 nitrogen and oxygen atoms in total. The minimum Gasteiger partial charge on any atom is -0.488 e. The van der Waals surface area contributed by atoms with Gasteiger partial charge in [-0.15, -0.1) is 24.0 Å². The van der Waals surface area contributed by atoms with E-state index < -0.39 is 10.0 Å². The highest BCUT2D eigenvalue weighted by Gasteiger charge is 2.21. The molecule has 1 aliphatic rings. The van der Waals surface area contributed by atoms with Crippen LogP contribution in [0.1, 0.15) is 12.5 Å². The van der Waals surface area contributed by atoms with Crippen molar-refractivity contribution < 1.29 is 13.2 Å². The number of sulfonamides is 1. The molecule has 0 saturated carbocycles. The summed E-state index contributed by atoms with van der Waals surface area (Å²) in [5.41, 5.74) is 1.19. The smallest absolute Gasteiger partial charge is 0.210 e.